The number of nitrogen functional groups attached to an aromatic ring is 1. The van der Waals surface area contributed by atoms with Crippen LogP contribution in [0.5, 0.6) is 0 Å². The summed E-state index contributed by atoms with van der Waals surface area (Å²) in [6.45, 7) is 9.38. The molecule has 102 valence electrons. The van der Waals surface area contributed by atoms with Crippen molar-refractivity contribution in [1.82, 2.24) is 9.97 Å². The van der Waals surface area contributed by atoms with E-state index in [0.29, 0.717) is 11.7 Å². The molecular weight excluding hydrogens is 244 g/mol. The molecule has 0 aliphatic carbocycles. The molecule has 1 atom stereocenters. The van der Waals surface area contributed by atoms with Gasteiger partial charge in [-0.3, -0.25) is 0 Å². The van der Waals surface area contributed by atoms with Gasteiger partial charge >= 0.3 is 0 Å². The van der Waals surface area contributed by atoms with Gasteiger partial charge in [-0.05, 0) is 17.9 Å². The lowest BCUT2D eigenvalue weighted by Crippen LogP contribution is -2.20. The van der Waals surface area contributed by atoms with Crippen LogP contribution in [0, 0.1) is 5.92 Å². The summed E-state index contributed by atoms with van der Waals surface area (Å²) in [7, 11) is 0. The predicted molar refractivity (Wildman–Crippen MR) is 81.2 cm³/mol. The third kappa shape index (κ3) is 4.72. The van der Waals surface area contributed by atoms with Gasteiger partial charge in [-0.25, -0.2) is 9.97 Å². The molecule has 1 heterocycles. The lowest BCUT2D eigenvalue weighted by molar-refractivity contribution is 0.546. The Morgan fingerprint density at radius 3 is 2.61 bits per heavy atom. The summed E-state index contributed by atoms with van der Waals surface area (Å²) in [6.07, 6.45) is 2.12. The first kappa shape index (κ1) is 15.1. The number of aromatic nitrogens is 2. The van der Waals surface area contributed by atoms with Gasteiger partial charge in [0.15, 0.2) is 0 Å². The lowest BCUT2D eigenvalue weighted by Gasteiger charge is -2.19. The number of nitrogens with two attached hydrogens (primary N) is 1. The molecule has 5 heteroatoms. The van der Waals surface area contributed by atoms with E-state index in [-0.39, 0.29) is 5.41 Å². The average Bonchev–Trinajstić information content (AvgIpc) is 2.25. The van der Waals surface area contributed by atoms with Gasteiger partial charge in [0.05, 0.1) is 0 Å². The van der Waals surface area contributed by atoms with Gasteiger partial charge in [0.2, 0.25) is 0 Å². The monoisotopic (exact) mass is 268 g/mol. The molecule has 1 rings (SSSR count). The number of hydrogen-bond acceptors (Lipinski definition) is 5. The first-order chi connectivity index (χ1) is 8.32. The summed E-state index contributed by atoms with van der Waals surface area (Å²) >= 11 is 1.86. The van der Waals surface area contributed by atoms with Gasteiger partial charge < -0.3 is 11.1 Å². The molecule has 0 spiro atoms. The smallest absolute Gasteiger partial charge is 0.138 e. The van der Waals surface area contributed by atoms with Crippen LogP contribution in [0.2, 0.25) is 0 Å². The summed E-state index contributed by atoms with van der Waals surface area (Å²) in [5.41, 5.74) is 5.74. The van der Waals surface area contributed by atoms with Crippen LogP contribution in [0.15, 0.2) is 6.07 Å². The van der Waals surface area contributed by atoms with E-state index in [2.05, 4.69) is 49.2 Å². The maximum atomic E-state index is 5.83. The van der Waals surface area contributed by atoms with Crippen LogP contribution in [0.3, 0.4) is 0 Å². The van der Waals surface area contributed by atoms with Crippen LogP contribution in [0.4, 0.5) is 11.6 Å². The van der Waals surface area contributed by atoms with Crippen molar-refractivity contribution in [1.29, 1.82) is 0 Å². The average molecular weight is 268 g/mol. The molecule has 18 heavy (non-hydrogen) atoms. The highest BCUT2D eigenvalue weighted by molar-refractivity contribution is 7.98. The van der Waals surface area contributed by atoms with Crippen LogP contribution in [-0.4, -0.2) is 28.5 Å². The van der Waals surface area contributed by atoms with Gasteiger partial charge in [-0.1, -0.05) is 27.7 Å². The van der Waals surface area contributed by atoms with Crippen molar-refractivity contribution in [2.45, 2.75) is 33.1 Å². The van der Waals surface area contributed by atoms with Gasteiger partial charge in [0.1, 0.15) is 17.5 Å². The quantitative estimate of drug-likeness (QED) is 0.859. The zero-order chi connectivity index (χ0) is 13.8. The normalized spacial score (nSPS) is 13.4. The van der Waals surface area contributed by atoms with Crippen molar-refractivity contribution >= 4 is 23.4 Å². The molecule has 1 aromatic heterocycles. The zero-order valence-corrected chi connectivity index (χ0v) is 12.8. The van der Waals surface area contributed by atoms with Crippen LogP contribution >= 0.6 is 11.8 Å². The molecule has 0 amide bonds. The van der Waals surface area contributed by atoms with Crippen LogP contribution in [0.25, 0.3) is 0 Å². The molecule has 0 saturated heterocycles. The van der Waals surface area contributed by atoms with Crippen LogP contribution < -0.4 is 11.1 Å². The van der Waals surface area contributed by atoms with Crippen molar-refractivity contribution in [3.05, 3.63) is 11.9 Å². The fourth-order valence-electron chi connectivity index (χ4n) is 1.51. The first-order valence-electron chi connectivity index (χ1n) is 6.20. The van der Waals surface area contributed by atoms with E-state index in [4.69, 9.17) is 5.73 Å². The Morgan fingerprint density at radius 1 is 1.39 bits per heavy atom. The third-order valence-electron chi connectivity index (χ3n) is 2.50. The van der Waals surface area contributed by atoms with Gasteiger partial charge in [-0.2, -0.15) is 11.8 Å². The van der Waals surface area contributed by atoms with Crippen molar-refractivity contribution in [3.63, 3.8) is 0 Å². The fraction of sp³-hybridized carbons (Fsp3) is 0.692. The molecule has 0 aliphatic rings. The van der Waals surface area contributed by atoms with E-state index >= 15 is 0 Å². The minimum absolute atomic E-state index is 0.0866. The van der Waals surface area contributed by atoms with Crippen LogP contribution in [-0.2, 0) is 5.41 Å². The van der Waals surface area contributed by atoms with E-state index in [1.807, 2.05) is 11.8 Å². The zero-order valence-electron chi connectivity index (χ0n) is 11.9. The highest BCUT2D eigenvalue weighted by Crippen LogP contribution is 2.21. The highest BCUT2D eigenvalue weighted by atomic mass is 32.2. The largest absolute Gasteiger partial charge is 0.384 e. The first-order valence-corrected chi connectivity index (χ1v) is 7.60. The van der Waals surface area contributed by atoms with E-state index in [9.17, 15) is 0 Å². The second-order valence-corrected chi connectivity index (χ2v) is 6.60. The van der Waals surface area contributed by atoms with Gasteiger partial charge in [-0.15, -0.1) is 0 Å². The molecule has 1 unspecified atom stereocenters. The highest BCUT2D eigenvalue weighted by Gasteiger charge is 2.18. The molecule has 0 fully saturated rings. The molecule has 1 aromatic rings. The van der Waals surface area contributed by atoms with Crippen molar-refractivity contribution in [2.75, 3.05) is 29.6 Å². The Morgan fingerprint density at radius 2 is 2.06 bits per heavy atom. The van der Waals surface area contributed by atoms with Gasteiger partial charge in [0.25, 0.3) is 0 Å². The minimum Gasteiger partial charge on any atom is -0.384 e. The van der Waals surface area contributed by atoms with Crippen molar-refractivity contribution in [3.8, 4) is 0 Å². The molecule has 3 N–H and O–H groups in total. The molecule has 0 radical (unpaired) electrons. The summed E-state index contributed by atoms with van der Waals surface area (Å²) in [5.74, 6) is 3.87. The summed E-state index contributed by atoms with van der Waals surface area (Å²) < 4.78 is 0. The summed E-state index contributed by atoms with van der Waals surface area (Å²) in [6, 6.07) is 1.79. The summed E-state index contributed by atoms with van der Waals surface area (Å²) in [5, 5.41) is 3.34. The Hall–Kier alpha value is -0.970. The van der Waals surface area contributed by atoms with E-state index in [1.54, 1.807) is 6.07 Å². The molecule has 0 aromatic carbocycles. The number of nitrogens with one attached hydrogen (secondary N) is 1. The Labute approximate surface area is 114 Å². The van der Waals surface area contributed by atoms with E-state index in [1.165, 1.54) is 0 Å². The lowest BCUT2D eigenvalue weighted by atomic mass is 9.96. The molecule has 0 aliphatic heterocycles. The van der Waals surface area contributed by atoms with E-state index in [0.717, 1.165) is 23.9 Å². The molecule has 0 saturated carbocycles. The second-order valence-electron chi connectivity index (χ2n) is 5.69. The Balaban J connectivity index is 2.75. The third-order valence-corrected chi connectivity index (χ3v) is 3.40. The molecular formula is C13H24N4S. The SMILES string of the molecule is CSCC(C)CNc1cc(N)nc(C(C)(C)C)n1. The maximum absolute atomic E-state index is 5.83. The number of anilines is 2. The maximum Gasteiger partial charge on any atom is 0.138 e. The number of thioether (sulfide) groups is 1. The fourth-order valence-corrected chi connectivity index (χ4v) is 2.20. The number of hydrogen-bond donors (Lipinski definition) is 2. The number of rotatable bonds is 5. The van der Waals surface area contributed by atoms with Crippen molar-refractivity contribution < 1.29 is 0 Å². The molecule has 0 bridgehead atoms. The summed E-state index contributed by atoms with van der Waals surface area (Å²) in [4.78, 5) is 8.82. The van der Waals surface area contributed by atoms with E-state index < -0.39 is 0 Å². The minimum atomic E-state index is -0.0866. The number of nitrogens with zero attached hydrogens (tertiary/aromatic N) is 2. The standard InChI is InChI=1S/C13H24N4S/c1-9(8-18-5)7-15-11-6-10(14)16-12(17-11)13(2,3)4/h6,9H,7-8H2,1-5H3,(H3,14,15,16,17). The van der Waals surface area contributed by atoms with Crippen LogP contribution in [0.1, 0.15) is 33.5 Å². The van der Waals surface area contributed by atoms with Crippen molar-refractivity contribution in [2.24, 2.45) is 5.92 Å². The Kier molecular flexibility index (Phi) is 5.26. The molecule has 4 nitrogen and oxygen atoms in total. The Bertz CT molecular complexity index is 387. The topological polar surface area (TPSA) is 63.8 Å². The van der Waals surface area contributed by atoms with Gasteiger partial charge in [0, 0.05) is 18.0 Å². The second kappa shape index (κ2) is 6.27. The predicted octanol–water partition coefficient (Wildman–Crippen LogP) is 2.77.